The molecule has 0 aliphatic rings. The van der Waals surface area contributed by atoms with Gasteiger partial charge in [0.05, 0.1) is 58.9 Å². The summed E-state index contributed by atoms with van der Waals surface area (Å²) >= 11 is 0. The van der Waals surface area contributed by atoms with Gasteiger partial charge >= 0.3 is 12.0 Å². The van der Waals surface area contributed by atoms with Gasteiger partial charge < -0.3 is 50.7 Å². The average Bonchev–Trinajstić information content (AvgIpc) is 3.04. The van der Waals surface area contributed by atoms with Crippen molar-refractivity contribution < 1.29 is 47.7 Å². The van der Waals surface area contributed by atoms with Gasteiger partial charge in [0.1, 0.15) is 18.4 Å². The lowest BCUT2D eigenvalue weighted by Gasteiger charge is -2.25. The highest BCUT2D eigenvalue weighted by Gasteiger charge is 2.27. The quantitative estimate of drug-likeness (QED) is 0.0635. The van der Waals surface area contributed by atoms with Crippen LogP contribution in [0.15, 0.2) is 24.3 Å². The van der Waals surface area contributed by atoms with Crippen LogP contribution in [-0.2, 0) is 49.5 Å². The average molecular weight is 682 g/mol. The second-order valence-electron chi connectivity index (χ2n) is 11.3. The zero-order chi connectivity index (χ0) is 35.6. The van der Waals surface area contributed by atoms with E-state index in [1.807, 2.05) is 13.8 Å². The molecular formula is C33H55N5O10. The van der Waals surface area contributed by atoms with Crippen LogP contribution >= 0.6 is 0 Å². The Labute approximate surface area is 283 Å². The maximum atomic E-state index is 13.3. The molecule has 1 aromatic rings. The molecule has 0 unspecified atom stereocenters. The maximum absolute atomic E-state index is 13.3. The SMILES string of the molecule is CCC(=O)OCc1ccc(NC(=O)[C@H](CCCNC(N)=O)NC(=O)[C@@H](NCCOCCOCCOCCOCCC(C)=O)C(C)C)cc1. The highest BCUT2D eigenvalue weighted by molar-refractivity contribution is 5.97. The molecule has 0 bridgehead atoms. The molecule has 6 N–H and O–H groups in total. The third-order valence-corrected chi connectivity index (χ3v) is 6.79. The van der Waals surface area contributed by atoms with E-state index in [1.54, 1.807) is 31.2 Å². The number of carbonyl (C=O) groups excluding carboxylic acids is 5. The number of anilines is 1. The summed E-state index contributed by atoms with van der Waals surface area (Å²) in [7, 11) is 0. The molecule has 272 valence electrons. The fourth-order valence-electron chi connectivity index (χ4n) is 4.12. The summed E-state index contributed by atoms with van der Waals surface area (Å²) in [6.45, 7) is 11.0. The first-order valence-electron chi connectivity index (χ1n) is 16.5. The smallest absolute Gasteiger partial charge is 0.312 e. The molecule has 4 amide bonds. The van der Waals surface area contributed by atoms with Crippen molar-refractivity contribution in [2.24, 2.45) is 11.7 Å². The highest BCUT2D eigenvalue weighted by atomic mass is 16.6. The number of rotatable bonds is 28. The maximum Gasteiger partial charge on any atom is 0.312 e. The van der Waals surface area contributed by atoms with Crippen molar-refractivity contribution in [3.8, 4) is 0 Å². The molecule has 0 saturated heterocycles. The van der Waals surface area contributed by atoms with E-state index in [0.29, 0.717) is 77.9 Å². The van der Waals surface area contributed by atoms with Crippen LogP contribution in [0.5, 0.6) is 0 Å². The van der Waals surface area contributed by atoms with Crippen LogP contribution in [0.4, 0.5) is 10.5 Å². The zero-order valence-electron chi connectivity index (χ0n) is 28.8. The fraction of sp³-hybridized carbons (Fsp3) is 0.667. The summed E-state index contributed by atoms with van der Waals surface area (Å²) in [6, 6.07) is 4.73. The number of nitrogens with one attached hydrogen (secondary N) is 4. The van der Waals surface area contributed by atoms with E-state index in [1.165, 1.54) is 6.92 Å². The Bertz CT molecular complexity index is 1090. The van der Waals surface area contributed by atoms with Crippen molar-refractivity contribution in [3.63, 3.8) is 0 Å². The lowest BCUT2D eigenvalue weighted by atomic mass is 10.0. The number of carbonyl (C=O) groups is 5. The number of ketones is 1. The topological polar surface area (TPSA) is 206 Å². The van der Waals surface area contributed by atoms with Crippen LogP contribution in [-0.4, -0.2) is 108 Å². The summed E-state index contributed by atoms with van der Waals surface area (Å²) in [5.41, 5.74) is 6.43. The molecule has 2 atom stereocenters. The molecule has 1 aromatic carbocycles. The molecule has 48 heavy (non-hydrogen) atoms. The number of amides is 4. The number of hydrogen-bond acceptors (Lipinski definition) is 11. The Morgan fingerprint density at radius 3 is 1.92 bits per heavy atom. The van der Waals surface area contributed by atoms with Gasteiger partial charge in [-0.1, -0.05) is 32.9 Å². The van der Waals surface area contributed by atoms with E-state index in [4.69, 9.17) is 29.4 Å². The molecule has 0 aliphatic carbocycles. The Kier molecular flexibility index (Phi) is 23.3. The number of primary amides is 1. The van der Waals surface area contributed by atoms with Crippen molar-refractivity contribution in [3.05, 3.63) is 29.8 Å². The number of ether oxygens (including phenoxy) is 5. The summed E-state index contributed by atoms with van der Waals surface area (Å²) in [5.74, 6) is -1.04. The highest BCUT2D eigenvalue weighted by Crippen LogP contribution is 2.13. The van der Waals surface area contributed by atoms with E-state index in [9.17, 15) is 24.0 Å². The van der Waals surface area contributed by atoms with Crippen LogP contribution in [0, 0.1) is 5.92 Å². The fourth-order valence-corrected chi connectivity index (χ4v) is 4.12. The molecule has 0 aromatic heterocycles. The summed E-state index contributed by atoms with van der Waals surface area (Å²) in [5, 5.41) is 11.4. The molecule has 0 heterocycles. The van der Waals surface area contributed by atoms with Gasteiger partial charge in [-0.15, -0.1) is 0 Å². The number of urea groups is 1. The largest absolute Gasteiger partial charge is 0.461 e. The molecule has 1 rings (SSSR count). The van der Waals surface area contributed by atoms with Gasteiger partial charge in [-0.2, -0.15) is 0 Å². The molecule has 15 nitrogen and oxygen atoms in total. The third-order valence-electron chi connectivity index (χ3n) is 6.79. The predicted octanol–water partition coefficient (Wildman–Crippen LogP) is 1.67. The van der Waals surface area contributed by atoms with E-state index in [2.05, 4.69) is 21.3 Å². The van der Waals surface area contributed by atoms with Gasteiger partial charge in [-0.25, -0.2) is 4.79 Å². The van der Waals surface area contributed by atoms with Gasteiger partial charge in [0.25, 0.3) is 0 Å². The molecule has 0 aliphatic heterocycles. The summed E-state index contributed by atoms with van der Waals surface area (Å²) in [6.07, 6.45) is 1.35. The van der Waals surface area contributed by atoms with Crippen molar-refractivity contribution in [2.75, 3.05) is 71.3 Å². The van der Waals surface area contributed by atoms with Crippen LogP contribution < -0.4 is 27.0 Å². The Morgan fingerprint density at radius 1 is 0.792 bits per heavy atom. The summed E-state index contributed by atoms with van der Waals surface area (Å²) in [4.78, 5) is 59.9. The Balaban J connectivity index is 2.48. The second kappa shape index (κ2) is 26.3. The van der Waals surface area contributed by atoms with E-state index < -0.39 is 24.0 Å². The Hall–Kier alpha value is -3.63. The molecular weight excluding hydrogens is 626 g/mol. The predicted molar refractivity (Wildman–Crippen MR) is 179 cm³/mol. The first-order valence-corrected chi connectivity index (χ1v) is 16.5. The van der Waals surface area contributed by atoms with Gasteiger partial charge in [-0.3, -0.25) is 19.2 Å². The molecule has 15 heteroatoms. The Morgan fingerprint density at radius 2 is 1.38 bits per heavy atom. The number of Topliss-reactive ketones (excluding diaryl/α,β-unsaturated/α-hetero) is 1. The summed E-state index contributed by atoms with van der Waals surface area (Å²) < 4.78 is 26.9. The number of benzene rings is 1. The standard InChI is InChI=1S/C33H55N5O10/c1-5-29(40)48-23-26-8-10-27(11-9-26)37-31(41)28(7-6-13-36-33(34)43)38-32(42)30(24(2)3)35-14-16-45-18-20-47-22-21-46-19-17-44-15-12-25(4)39/h8-11,24,28,30,35H,5-7,12-23H2,1-4H3,(H,37,41)(H,38,42)(H3,34,36,43)/t28-,30-/m0/s1. The van der Waals surface area contributed by atoms with Gasteiger partial charge in [0, 0.05) is 31.6 Å². The van der Waals surface area contributed by atoms with Crippen molar-refractivity contribution in [2.45, 2.75) is 72.1 Å². The molecule has 0 saturated carbocycles. The molecule has 0 radical (unpaired) electrons. The second-order valence-corrected chi connectivity index (χ2v) is 11.3. The van der Waals surface area contributed by atoms with Crippen molar-refractivity contribution in [1.29, 1.82) is 0 Å². The van der Waals surface area contributed by atoms with Crippen LogP contribution in [0.25, 0.3) is 0 Å². The minimum absolute atomic E-state index is 0.0811. The normalized spacial score (nSPS) is 12.3. The molecule has 0 spiro atoms. The zero-order valence-corrected chi connectivity index (χ0v) is 28.8. The first kappa shape index (κ1) is 42.4. The minimum Gasteiger partial charge on any atom is -0.461 e. The molecule has 0 fully saturated rings. The van der Waals surface area contributed by atoms with Gasteiger partial charge in [0.15, 0.2) is 0 Å². The lowest BCUT2D eigenvalue weighted by Crippen LogP contribution is -2.53. The van der Waals surface area contributed by atoms with Crippen molar-refractivity contribution >= 4 is 35.3 Å². The van der Waals surface area contributed by atoms with Crippen molar-refractivity contribution in [1.82, 2.24) is 16.0 Å². The van der Waals surface area contributed by atoms with E-state index >= 15 is 0 Å². The van der Waals surface area contributed by atoms with Crippen LogP contribution in [0.3, 0.4) is 0 Å². The minimum atomic E-state index is -0.878. The first-order chi connectivity index (χ1) is 23.0. The lowest BCUT2D eigenvalue weighted by molar-refractivity contribution is -0.144. The number of hydrogen-bond donors (Lipinski definition) is 5. The van der Waals surface area contributed by atoms with Gasteiger partial charge in [-0.05, 0) is 43.4 Å². The van der Waals surface area contributed by atoms with E-state index in [-0.39, 0.29) is 49.6 Å². The van der Waals surface area contributed by atoms with Gasteiger partial charge in [0.2, 0.25) is 11.8 Å². The monoisotopic (exact) mass is 681 g/mol. The van der Waals surface area contributed by atoms with Crippen LogP contribution in [0.1, 0.15) is 58.9 Å². The third kappa shape index (κ3) is 21.3. The van der Waals surface area contributed by atoms with E-state index in [0.717, 1.165) is 5.56 Å². The van der Waals surface area contributed by atoms with Crippen LogP contribution in [0.2, 0.25) is 0 Å². The number of nitrogens with two attached hydrogens (primary N) is 1. The number of esters is 1.